The molecule has 1 aromatic carbocycles. The third-order valence-electron chi connectivity index (χ3n) is 5.42. The first-order valence-electron chi connectivity index (χ1n) is 9.31. The standard InChI is InChI=1S/C20H26N2O4/c1-14-4-7-17(8-5-14)22-13-16(11-18(22)23)20(26)21-10-2-3-15(12-21)6-9-19(24)25/h4-5,7-8,15-16H,2-3,6,9-13H2,1H3,(H,24,25). The molecular weight excluding hydrogens is 332 g/mol. The molecule has 2 saturated heterocycles. The van der Waals surface area contributed by atoms with Gasteiger partial charge >= 0.3 is 5.97 Å². The summed E-state index contributed by atoms with van der Waals surface area (Å²) in [6, 6.07) is 7.77. The minimum atomic E-state index is -0.788. The van der Waals surface area contributed by atoms with Crippen molar-refractivity contribution in [2.75, 3.05) is 24.5 Å². The molecule has 2 aliphatic heterocycles. The van der Waals surface area contributed by atoms with Crippen LogP contribution in [0.2, 0.25) is 0 Å². The van der Waals surface area contributed by atoms with E-state index >= 15 is 0 Å². The van der Waals surface area contributed by atoms with E-state index in [2.05, 4.69) is 0 Å². The van der Waals surface area contributed by atoms with E-state index in [1.807, 2.05) is 36.1 Å². The predicted octanol–water partition coefficient (Wildman–Crippen LogP) is 2.45. The molecule has 2 amide bonds. The molecule has 6 nitrogen and oxygen atoms in total. The molecule has 3 rings (SSSR count). The van der Waals surface area contributed by atoms with Gasteiger partial charge in [0, 0.05) is 38.2 Å². The van der Waals surface area contributed by atoms with E-state index in [1.54, 1.807) is 4.90 Å². The minimum absolute atomic E-state index is 0.00774. The second-order valence-corrected chi connectivity index (χ2v) is 7.47. The molecule has 2 aliphatic rings. The number of carbonyl (C=O) groups excluding carboxylic acids is 2. The number of hydrogen-bond acceptors (Lipinski definition) is 3. The van der Waals surface area contributed by atoms with E-state index in [9.17, 15) is 14.4 Å². The van der Waals surface area contributed by atoms with Crippen molar-refractivity contribution < 1.29 is 19.5 Å². The van der Waals surface area contributed by atoms with Crippen LogP contribution in [-0.4, -0.2) is 47.4 Å². The minimum Gasteiger partial charge on any atom is -0.481 e. The smallest absolute Gasteiger partial charge is 0.303 e. The summed E-state index contributed by atoms with van der Waals surface area (Å²) in [7, 11) is 0. The number of nitrogens with zero attached hydrogens (tertiary/aromatic N) is 2. The van der Waals surface area contributed by atoms with Gasteiger partial charge in [0.1, 0.15) is 0 Å². The Morgan fingerprint density at radius 3 is 2.62 bits per heavy atom. The first-order chi connectivity index (χ1) is 12.4. The van der Waals surface area contributed by atoms with E-state index in [1.165, 1.54) is 0 Å². The Morgan fingerprint density at radius 2 is 1.92 bits per heavy atom. The Kier molecular flexibility index (Phi) is 5.59. The van der Waals surface area contributed by atoms with Crippen LogP contribution in [0.3, 0.4) is 0 Å². The fourth-order valence-corrected chi connectivity index (χ4v) is 3.93. The van der Waals surface area contributed by atoms with Crippen molar-refractivity contribution in [3.63, 3.8) is 0 Å². The zero-order valence-corrected chi connectivity index (χ0v) is 15.2. The lowest BCUT2D eigenvalue weighted by Crippen LogP contribution is -2.43. The Morgan fingerprint density at radius 1 is 1.19 bits per heavy atom. The third kappa shape index (κ3) is 4.23. The second kappa shape index (κ2) is 7.89. The highest BCUT2D eigenvalue weighted by atomic mass is 16.4. The molecule has 0 aromatic heterocycles. The first kappa shape index (κ1) is 18.4. The summed E-state index contributed by atoms with van der Waals surface area (Å²) >= 11 is 0. The summed E-state index contributed by atoms with van der Waals surface area (Å²) in [6.07, 6.45) is 2.88. The molecule has 0 saturated carbocycles. The van der Waals surface area contributed by atoms with Gasteiger partial charge in [-0.3, -0.25) is 14.4 Å². The maximum atomic E-state index is 12.9. The van der Waals surface area contributed by atoms with E-state index in [-0.39, 0.29) is 36.5 Å². The molecule has 1 aromatic rings. The molecule has 0 spiro atoms. The highest BCUT2D eigenvalue weighted by Crippen LogP contribution is 2.29. The number of piperidine rings is 1. The van der Waals surface area contributed by atoms with Crippen LogP contribution in [0.25, 0.3) is 0 Å². The molecule has 6 heteroatoms. The Labute approximate surface area is 153 Å². The molecule has 140 valence electrons. The zero-order valence-electron chi connectivity index (χ0n) is 15.2. The number of aliphatic carboxylic acids is 1. The van der Waals surface area contributed by atoms with Gasteiger partial charge in [-0.05, 0) is 44.2 Å². The SMILES string of the molecule is Cc1ccc(N2CC(C(=O)N3CCCC(CCC(=O)O)C3)CC2=O)cc1. The summed E-state index contributed by atoms with van der Waals surface area (Å²) in [6.45, 7) is 3.75. The normalized spacial score (nSPS) is 23.3. The second-order valence-electron chi connectivity index (χ2n) is 7.47. The van der Waals surface area contributed by atoms with Crippen molar-refractivity contribution in [3.8, 4) is 0 Å². The molecular formula is C20H26N2O4. The predicted molar refractivity (Wildman–Crippen MR) is 97.8 cm³/mol. The van der Waals surface area contributed by atoms with E-state index < -0.39 is 5.97 Å². The fraction of sp³-hybridized carbons (Fsp3) is 0.550. The van der Waals surface area contributed by atoms with Crippen LogP contribution in [0.4, 0.5) is 5.69 Å². The Hall–Kier alpha value is -2.37. The van der Waals surface area contributed by atoms with Gasteiger partial charge in [-0.15, -0.1) is 0 Å². The molecule has 2 atom stereocenters. The van der Waals surface area contributed by atoms with Crippen molar-refractivity contribution in [3.05, 3.63) is 29.8 Å². The molecule has 1 N–H and O–H groups in total. The van der Waals surface area contributed by atoms with E-state index in [0.29, 0.717) is 26.1 Å². The van der Waals surface area contributed by atoms with Gasteiger partial charge in [-0.2, -0.15) is 0 Å². The molecule has 2 unspecified atom stereocenters. The summed E-state index contributed by atoms with van der Waals surface area (Å²) in [5.41, 5.74) is 1.97. The van der Waals surface area contributed by atoms with E-state index in [4.69, 9.17) is 5.11 Å². The number of aryl methyl sites for hydroxylation is 1. The van der Waals surface area contributed by atoms with Crippen LogP contribution >= 0.6 is 0 Å². The van der Waals surface area contributed by atoms with Gasteiger partial charge in [-0.1, -0.05) is 17.7 Å². The van der Waals surface area contributed by atoms with Crippen molar-refractivity contribution in [1.29, 1.82) is 0 Å². The van der Waals surface area contributed by atoms with Crippen LogP contribution in [0.15, 0.2) is 24.3 Å². The number of carboxylic acid groups (broad SMARTS) is 1. The van der Waals surface area contributed by atoms with Crippen molar-refractivity contribution in [2.45, 2.75) is 39.0 Å². The van der Waals surface area contributed by atoms with Crippen molar-refractivity contribution in [2.24, 2.45) is 11.8 Å². The number of amides is 2. The van der Waals surface area contributed by atoms with Gasteiger partial charge in [0.25, 0.3) is 0 Å². The third-order valence-corrected chi connectivity index (χ3v) is 5.42. The molecule has 0 bridgehead atoms. The van der Waals surface area contributed by atoms with Gasteiger partial charge < -0.3 is 14.9 Å². The van der Waals surface area contributed by atoms with Crippen molar-refractivity contribution >= 4 is 23.5 Å². The van der Waals surface area contributed by atoms with Crippen LogP contribution in [0.1, 0.15) is 37.7 Å². The molecule has 2 heterocycles. The highest BCUT2D eigenvalue weighted by molar-refractivity contribution is 6.00. The zero-order chi connectivity index (χ0) is 18.7. The number of carboxylic acids is 1. The van der Waals surface area contributed by atoms with Crippen LogP contribution in [-0.2, 0) is 14.4 Å². The van der Waals surface area contributed by atoms with Crippen LogP contribution in [0.5, 0.6) is 0 Å². The maximum Gasteiger partial charge on any atom is 0.303 e. The van der Waals surface area contributed by atoms with Crippen LogP contribution in [0, 0.1) is 18.8 Å². The molecule has 0 radical (unpaired) electrons. The molecule has 2 fully saturated rings. The number of carbonyl (C=O) groups is 3. The molecule has 0 aliphatic carbocycles. The van der Waals surface area contributed by atoms with Gasteiger partial charge in [0.05, 0.1) is 5.92 Å². The summed E-state index contributed by atoms with van der Waals surface area (Å²) in [4.78, 5) is 39.6. The Bertz CT molecular complexity index is 686. The average Bonchev–Trinajstić information content (AvgIpc) is 3.02. The topological polar surface area (TPSA) is 77.9 Å². The molecule has 26 heavy (non-hydrogen) atoms. The lowest BCUT2D eigenvalue weighted by atomic mass is 9.92. The number of benzene rings is 1. The quantitative estimate of drug-likeness (QED) is 0.877. The Balaban J connectivity index is 1.60. The van der Waals surface area contributed by atoms with Gasteiger partial charge in [0.2, 0.25) is 11.8 Å². The van der Waals surface area contributed by atoms with E-state index in [0.717, 1.165) is 24.1 Å². The monoisotopic (exact) mass is 358 g/mol. The number of anilines is 1. The number of hydrogen-bond donors (Lipinski definition) is 1. The fourth-order valence-electron chi connectivity index (χ4n) is 3.93. The summed E-state index contributed by atoms with van der Waals surface area (Å²) < 4.78 is 0. The lowest BCUT2D eigenvalue weighted by Gasteiger charge is -2.34. The van der Waals surface area contributed by atoms with Gasteiger partial charge in [-0.25, -0.2) is 0 Å². The first-order valence-corrected chi connectivity index (χ1v) is 9.31. The summed E-state index contributed by atoms with van der Waals surface area (Å²) in [5.74, 6) is -0.820. The number of likely N-dealkylation sites (tertiary alicyclic amines) is 1. The largest absolute Gasteiger partial charge is 0.481 e. The highest BCUT2D eigenvalue weighted by Gasteiger charge is 2.38. The van der Waals surface area contributed by atoms with Crippen molar-refractivity contribution in [1.82, 2.24) is 4.90 Å². The summed E-state index contributed by atoms with van der Waals surface area (Å²) in [5, 5.41) is 8.85. The average molecular weight is 358 g/mol. The maximum absolute atomic E-state index is 12.9. The lowest BCUT2D eigenvalue weighted by molar-refractivity contribution is -0.138. The van der Waals surface area contributed by atoms with Crippen LogP contribution < -0.4 is 4.90 Å². The number of rotatable bonds is 5. The van der Waals surface area contributed by atoms with Gasteiger partial charge in [0.15, 0.2) is 0 Å².